The Labute approximate surface area is 147 Å². The van der Waals surface area contributed by atoms with E-state index in [-0.39, 0.29) is 18.3 Å². The Morgan fingerprint density at radius 2 is 1.71 bits per heavy atom. The molecule has 0 aliphatic rings. The van der Waals surface area contributed by atoms with Crippen molar-refractivity contribution >= 4 is 34.9 Å². The fourth-order valence-corrected chi connectivity index (χ4v) is 2.80. The molecule has 0 saturated heterocycles. The van der Waals surface area contributed by atoms with Crippen molar-refractivity contribution in [3.8, 4) is 5.75 Å². The summed E-state index contributed by atoms with van der Waals surface area (Å²) in [4.78, 5) is 17.3. The van der Waals surface area contributed by atoms with E-state index >= 15 is 0 Å². The summed E-state index contributed by atoms with van der Waals surface area (Å²) in [6.45, 7) is 3.81. The van der Waals surface area contributed by atoms with E-state index in [1.165, 1.54) is 0 Å². The van der Waals surface area contributed by atoms with Crippen molar-refractivity contribution < 1.29 is 9.53 Å². The van der Waals surface area contributed by atoms with Gasteiger partial charge in [0.1, 0.15) is 5.75 Å². The number of amides is 1. The summed E-state index contributed by atoms with van der Waals surface area (Å²) in [6, 6.07) is 15.2. The maximum absolute atomic E-state index is 12.8. The third-order valence-electron chi connectivity index (χ3n) is 3.92. The quantitative estimate of drug-likeness (QED) is 0.760. The fraction of sp³-hybridized carbons (Fsp3) is 0.158. The molecule has 5 heteroatoms. The third kappa shape index (κ3) is 3.19. The van der Waals surface area contributed by atoms with Gasteiger partial charge in [0.05, 0.1) is 29.6 Å². The van der Waals surface area contributed by atoms with E-state index in [0.29, 0.717) is 22.7 Å². The molecule has 0 radical (unpaired) electrons. The maximum atomic E-state index is 12.8. The molecule has 2 aromatic carbocycles. The number of hydrogen-bond acceptors (Lipinski definition) is 3. The largest absolute Gasteiger partial charge is 0.495 e. The van der Waals surface area contributed by atoms with Crippen LogP contribution in [0.1, 0.15) is 21.6 Å². The first-order valence-electron chi connectivity index (χ1n) is 7.42. The van der Waals surface area contributed by atoms with Crippen molar-refractivity contribution in [1.82, 2.24) is 4.98 Å². The third-order valence-corrected chi connectivity index (χ3v) is 3.92. The lowest BCUT2D eigenvalue weighted by Gasteiger charge is -2.14. The molecule has 0 fully saturated rings. The topological polar surface area (TPSA) is 51.2 Å². The molecule has 1 N–H and O–H groups in total. The van der Waals surface area contributed by atoms with Crippen molar-refractivity contribution in [2.45, 2.75) is 13.8 Å². The maximum Gasteiger partial charge on any atom is 0.257 e. The highest BCUT2D eigenvalue weighted by Crippen LogP contribution is 2.26. The molecular weight excluding hydrogens is 324 g/mol. The van der Waals surface area contributed by atoms with Gasteiger partial charge in [-0.1, -0.05) is 30.3 Å². The molecule has 3 rings (SSSR count). The first-order chi connectivity index (χ1) is 11.1. The summed E-state index contributed by atoms with van der Waals surface area (Å²) in [5, 5.41) is 3.91. The van der Waals surface area contributed by atoms with Crippen LogP contribution in [-0.2, 0) is 0 Å². The molecule has 3 aromatic rings. The SMILES string of the molecule is COc1ccccc1NC(=O)c1c(C)nc2ccccc2c1C.Cl. The van der Waals surface area contributed by atoms with Crippen LogP contribution < -0.4 is 10.1 Å². The number of benzene rings is 2. The summed E-state index contributed by atoms with van der Waals surface area (Å²) in [6.07, 6.45) is 0. The monoisotopic (exact) mass is 342 g/mol. The highest BCUT2D eigenvalue weighted by atomic mass is 35.5. The Morgan fingerprint density at radius 3 is 2.46 bits per heavy atom. The summed E-state index contributed by atoms with van der Waals surface area (Å²) in [5.41, 5.74) is 3.80. The number of ether oxygens (including phenoxy) is 1. The lowest BCUT2D eigenvalue weighted by Crippen LogP contribution is -2.16. The van der Waals surface area contributed by atoms with E-state index in [2.05, 4.69) is 10.3 Å². The van der Waals surface area contributed by atoms with Crippen LogP contribution in [-0.4, -0.2) is 18.0 Å². The van der Waals surface area contributed by atoms with Crippen LogP contribution in [0.15, 0.2) is 48.5 Å². The second-order valence-corrected chi connectivity index (χ2v) is 5.37. The molecule has 24 heavy (non-hydrogen) atoms. The van der Waals surface area contributed by atoms with Crippen LogP contribution in [0.25, 0.3) is 10.9 Å². The first kappa shape index (κ1) is 17.8. The zero-order valence-corrected chi connectivity index (χ0v) is 14.6. The number of fused-ring (bicyclic) bond motifs is 1. The minimum absolute atomic E-state index is 0. The lowest BCUT2D eigenvalue weighted by molar-refractivity contribution is 0.102. The van der Waals surface area contributed by atoms with Crippen LogP contribution in [0.5, 0.6) is 5.75 Å². The van der Waals surface area contributed by atoms with E-state index in [1.807, 2.05) is 62.4 Å². The number of methoxy groups -OCH3 is 1. The van der Waals surface area contributed by atoms with Crippen molar-refractivity contribution in [3.63, 3.8) is 0 Å². The van der Waals surface area contributed by atoms with Gasteiger partial charge in [-0.2, -0.15) is 0 Å². The second-order valence-electron chi connectivity index (χ2n) is 5.37. The number of nitrogens with one attached hydrogen (secondary N) is 1. The number of carbonyl (C=O) groups is 1. The number of carbonyl (C=O) groups excluding carboxylic acids is 1. The Bertz CT molecular complexity index is 894. The van der Waals surface area contributed by atoms with Gasteiger partial charge < -0.3 is 10.1 Å². The number of hydrogen-bond donors (Lipinski definition) is 1. The van der Waals surface area contributed by atoms with Crippen molar-refractivity contribution in [1.29, 1.82) is 0 Å². The van der Waals surface area contributed by atoms with Gasteiger partial charge in [-0.25, -0.2) is 0 Å². The normalized spacial score (nSPS) is 10.1. The van der Waals surface area contributed by atoms with Crippen molar-refractivity contribution in [2.75, 3.05) is 12.4 Å². The number of halogens is 1. The highest BCUT2D eigenvalue weighted by Gasteiger charge is 2.17. The molecular formula is C19H19ClN2O2. The predicted octanol–water partition coefficient (Wildman–Crippen LogP) is 4.53. The molecule has 0 atom stereocenters. The molecule has 0 aliphatic heterocycles. The number of nitrogens with zero attached hydrogens (tertiary/aromatic N) is 1. The van der Waals surface area contributed by atoms with Gasteiger partial charge in [0.2, 0.25) is 0 Å². The molecule has 0 aliphatic carbocycles. The minimum Gasteiger partial charge on any atom is -0.495 e. The summed E-state index contributed by atoms with van der Waals surface area (Å²) in [5.74, 6) is 0.452. The smallest absolute Gasteiger partial charge is 0.257 e. The van der Waals surface area contributed by atoms with E-state index in [9.17, 15) is 4.79 Å². The summed E-state index contributed by atoms with van der Waals surface area (Å²) >= 11 is 0. The van der Waals surface area contributed by atoms with E-state index in [4.69, 9.17) is 4.74 Å². The zero-order valence-electron chi connectivity index (χ0n) is 13.8. The number of para-hydroxylation sites is 3. The molecule has 0 saturated carbocycles. The Balaban J connectivity index is 0.00000208. The molecule has 1 amide bonds. The fourth-order valence-electron chi connectivity index (χ4n) is 2.80. The van der Waals surface area contributed by atoms with Gasteiger partial charge in [-0.3, -0.25) is 9.78 Å². The number of anilines is 1. The Hall–Kier alpha value is -2.59. The molecule has 124 valence electrons. The summed E-state index contributed by atoms with van der Waals surface area (Å²) in [7, 11) is 1.58. The zero-order chi connectivity index (χ0) is 16.4. The van der Waals surface area contributed by atoms with Gasteiger partial charge in [-0.05, 0) is 37.6 Å². The standard InChI is InChI=1S/C19H18N2O2.ClH/c1-12-14-8-4-5-9-15(14)20-13(2)18(12)19(22)21-16-10-6-7-11-17(16)23-3;/h4-11H,1-3H3,(H,21,22);1H. The highest BCUT2D eigenvalue weighted by molar-refractivity contribution is 6.09. The van der Waals surface area contributed by atoms with Crippen LogP contribution in [0, 0.1) is 13.8 Å². The Morgan fingerprint density at radius 1 is 1.04 bits per heavy atom. The molecule has 1 heterocycles. The molecule has 0 spiro atoms. The van der Waals surface area contributed by atoms with Gasteiger partial charge in [0.15, 0.2) is 0 Å². The van der Waals surface area contributed by atoms with Crippen molar-refractivity contribution in [3.05, 3.63) is 65.4 Å². The van der Waals surface area contributed by atoms with Crippen LogP contribution in [0.4, 0.5) is 5.69 Å². The molecule has 4 nitrogen and oxygen atoms in total. The van der Waals surface area contributed by atoms with Gasteiger partial charge >= 0.3 is 0 Å². The second kappa shape index (κ2) is 7.32. The van der Waals surface area contributed by atoms with Crippen LogP contribution in [0.3, 0.4) is 0 Å². The summed E-state index contributed by atoms with van der Waals surface area (Å²) < 4.78 is 5.28. The average molecular weight is 343 g/mol. The van der Waals surface area contributed by atoms with E-state index < -0.39 is 0 Å². The predicted molar refractivity (Wildman–Crippen MR) is 99.4 cm³/mol. The van der Waals surface area contributed by atoms with Crippen LogP contribution in [0.2, 0.25) is 0 Å². The van der Waals surface area contributed by atoms with Gasteiger partial charge in [0, 0.05) is 5.39 Å². The van der Waals surface area contributed by atoms with Crippen molar-refractivity contribution in [2.24, 2.45) is 0 Å². The minimum atomic E-state index is -0.178. The molecule has 0 bridgehead atoms. The number of aryl methyl sites for hydroxylation is 2. The number of aromatic nitrogens is 1. The number of rotatable bonds is 3. The molecule has 1 aromatic heterocycles. The van der Waals surface area contributed by atoms with Crippen LogP contribution >= 0.6 is 12.4 Å². The number of pyridine rings is 1. The van der Waals surface area contributed by atoms with E-state index in [1.54, 1.807) is 7.11 Å². The Kier molecular flexibility index (Phi) is 5.42. The first-order valence-corrected chi connectivity index (χ1v) is 7.42. The van der Waals surface area contributed by atoms with Gasteiger partial charge in [0.25, 0.3) is 5.91 Å². The average Bonchev–Trinajstić information content (AvgIpc) is 2.55. The van der Waals surface area contributed by atoms with Gasteiger partial charge in [-0.15, -0.1) is 12.4 Å². The lowest BCUT2D eigenvalue weighted by atomic mass is 10.0. The van der Waals surface area contributed by atoms with E-state index in [0.717, 1.165) is 16.5 Å². The molecule has 0 unspecified atom stereocenters.